The second-order valence-corrected chi connectivity index (χ2v) is 5.08. The van der Waals surface area contributed by atoms with Crippen LogP contribution in [0.1, 0.15) is 31.2 Å². The Morgan fingerprint density at radius 2 is 1.89 bits per heavy atom. The molecule has 0 atom stereocenters. The highest BCUT2D eigenvalue weighted by molar-refractivity contribution is 5.85. The van der Waals surface area contributed by atoms with Gasteiger partial charge in [0, 0.05) is 6.42 Å². The highest BCUT2D eigenvalue weighted by Gasteiger charge is 2.50. The number of phenols is 1. The fourth-order valence-corrected chi connectivity index (χ4v) is 2.79. The molecule has 0 radical (unpaired) electrons. The van der Waals surface area contributed by atoms with Crippen LogP contribution in [0.3, 0.4) is 0 Å². The Morgan fingerprint density at radius 3 is 2.53 bits per heavy atom. The summed E-state index contributed by atoms with van der Waals surface area (Å²) in [6, 6.07) is 3.12. The number of carboxylic acids is 1. The smallest absolute Gasteiger partial charge is 0.314 e. The maximum absolute atomic E-state index is 11.6. The Balaban J connectivity index is 2.17. The van der Waals surface area contributed by atoms with Crippen molar-refractivity contribution in [2.45, 2.75) is 31.1 Å². The van der Waals surface area contributed by atoms with E-state index < -0.39 is 11.4 Å². The van der Waals surface area contributed by atoms with Crippen LogP contribution in [0.15, 0.2) is 12.1 Å². The van der Waals surface area contributed by atoms with Crippen molar-refractivity contribution in [1.29, 1.82) is 0 Å². The zero-order chi connectivity index (χ0) is 13.5. The molecule has 0 bridgehead atoms. The van der Waals surface area contributed by atoms with Gasteiger partial charge in [0.1, 0.15) is 11.2 Å². The lowest BCUT2D eigenvalue weighted by Gasteiger charge is -2.39. The van der Waals surface area contributed by atoms with Crippen LogP contribution in [0.4, 0.5) is 0 Å². The van der Waals surface area contributed by atoms with Crippen molar-refractivity contribution >= 4 is 5.97 Å². The number of rotatable bonds is 2. The molecule has 102 valence electrons. The fourth-order valence-electron chi connectivity index (χ4n) is 2.79. The maximum atomic E-state index is 11.6. The van der Waals surface area contributed by atoms with Crippen molar-refractivity contribution in [1.82, 2.24) is 0 Å². The average molecular weight is 264 g/mol. The molecule has 1 aliphatic heterocycles. The van der Waals surface area contributed by atoms with Gasteiger partial charge in [0.2, 0.25) is 0 Å². The molecule has 0 amide bonds. The quantitative estimate of drug-likeness (QED) is 0.855. The Hall–Kier alpha value is -1.91. The van der Waals surface area contributed by atoms with Gasteiger partial charge in [-0.3, -0.25) is 4.79 Å². The second kappa shape index (κ2) is 4.33. The number of aromatic hydroxyl groups is 1. The Morgan fingerprint density at radius 1 is 1.16 bits per heavy atom. The number of carbonyl (C=O) groups is 1. The summed E-state index contributed by atoms with van der Waals surface area (Å²) in [5, 5.41) is 19.6. The summed E-state index contributed by atoms with van der Waals surface area (Å²) < 4.78 is 11.2. The lowest BCUT2D eigenvalue weighted by atomic mass is 9.64. The van der Waals surface area contributed by atoms with Crippen LogP contribution in [0.5, 0.6) is 17.2 Å². The van der Waals surface area contributed by atoms with Crippen LogP contribution in [0.2, 0.25) is 0 Å². The standard InChI is InChI=1S/C14H16O5/c15-9-3-4-10-12(19-8-2-7-18-10)11(9)14(13(16)17)5-1-6-14/h3-4,15H,1-2,5-8H2,(H,16,17). The van der Waals surface area contributed by atoms with E-state index in [0.717, 1.165) is 12.8 Å². The van der Waals surface area contributed by atoms with Crippen molar-refractivity contribution in [3.8, 4) is 17.2 Å². The minimum atomic E-state index is -1.02. The van der Waals surface area contributed by atoms with Crippen LogP contribution in [-0.2, 0) is 10.2 Å². The minimum absolute atomic E-state index is 0.0219. The first-order chi connectivity index (χ1) is 9.15. The molecule has 0 saturated heterocycles. The number of carboxylic acid groups (broad SMARTS) is 1. The van der Waals surface area contributed by atoms with Crippen molar-refractivity contribution in [3.05, 3.63) is 17.7 Å². The number of hydrogen-bond acceptors (Lipinski definition) is 4. The van der Waals surface area contributed by atoms with E-state index in [1.807, 2.05) is 0 Å². The third-order valence-corrected chi connectivity index (χ3v) is 3.99. The molecule has 1 aromatic rings. The van der Waals surface area contributed by atoms with E-state index in [1.54, 1.807) is 6.07 Å². The molecule has 1 heterocycles. The zero-order valence-electron chi connectivity index (χ0n) is 10.5. The lowest BCUT2D eigenvalue weighted by molar-refractivity contribution is -0.147. The third kappa shape index (κ3) is 1.72. The number of phenolic OH excluding ortho intramolecular Hbond substituents is 1. The first-order valence-corrected chi connectivity index (χ1v) is 6.50. The largest absolute Gasteiger partial charge is 0.507 e. The molecular weight excluding hydrogens is 248 g/mol. The molecule has 19 heavy (non-hydrogen) atoms. The van der Waals surface area contributed by atoms with Crippen molar-refractivity contribution in [2.75, 3.05) is 13.2 Å². The van der Waals surface area contributed by atoms with Crippen LogP contribution >= 0.6 is 0 Å². The average Bonchev–Trinajstić information content (AvgIpc) is 2.55. The molecule has 1 aromatic carbocycles. The second-order valence-electron chi connectivity index (χ2n) is 5.08. The summed E-state index contributed by atoms with van der Waals surface area (Å²) in [6.45, 7) is 1.01. The van der Waals surface area contributed by atoms with Crippen LogP contribution in [-0.4, -0.2) is 29.4 Å². The van der Waals surface area contributed by atoms with Crippen molar-refractivity contribution in [2.24, 2.45) is 0 Å². The molecule has 1 fully saturated rings. The SMILES string of the molecule is O=C(O)C1(c2c(O)ccc3c2OCCCO3)CCC1. The monoisotopic (exact) mass is 264 g/mol. The van der Waals surface area contributed by atoms with Gasteiger partial charge < -0.3 is 19.7 Å². The highest BCUT2D eigenvalue weighted by Crippen LogP contribution is 2.53. The van der Waals surface area contributed by atoms with Crippen LogP contribution < -0.4 is 9.47 Å². The van der Waals surface area contributed by atoms with E-state index >= 15 is 0 Å². The predicted octanol–water partition coefficient (Wildman–Crippen LogP) is 2.06. The molecule has 1 aliphatic carbocycles. The molecule has 5 nitrogen and oxygen atoms in total. The molecule has 0 spiro atoms. The third-order valence-electron chi connectivity index (χ3n) is 3.99. The number of hydrogen-bond donors (Lipinski definition) is 2. The summed E-state index contributed by atoms with van der Waals surface area (Å²) >= 11 is 0. The number of aliphatic carboxylic acids is 1. The van der Waals surface area contributed by atoms with Gasteiger partial charge in [0.15, 0.2) is 11.5 Å². The van der Waals surface area contributed by atoms with Gasteiger partial charge in [-0.15, -0.1) is 0 Å². The molecule has 3 rings (SSSR count). The van der Waals surface area contributed by atoms with Gasteiger partial charge in [-0.2, -0.15) is 0 Å². The van der Waals surface area contributed by atoms with Crippen molar-refractivity contribution < 1.29 is 24.5 Å². The van der Waals surface area contributed by atoms with E-state index in [-0.39, 0.29) is 5.75 Å². The fraction of sp³-hybridized carbons (Fsp3) is 0.500. The summed E-state index contributed by atoms with van der Waals surface area (Å²) in [4.78, 5) is 11.6. The molecule has 2 N–H and O–H groups in total. The molecule has 5 heteroatoms. The summed E-state index contributed by atoms with van der Waals surface area (Å²) in [6.07, 6.45) is 2.64. The first-order valence-electron chi connectivity index (χ1n) is 6.50. The molecule has 2 aliphatic rings. The van der Waals surface area contributed by atoms with Gasteiger partial charge in [0.05, 0.1) is 18.8 Å². The highest BCUT2D eigenvalue weighted by atomic mass is 16.5. The number of benzene rings is 1. The Bertz CT molecular complexity index is 519. The summed E-state index contributed by atoms with van der Waals surface area (Å²) in [5.41, 5.74) is -0.644. The van der Waals surface area contributed by atoms with Gasteiger partial charge >= 0.3 is 5.97 Å². The Labute approximate surface area is 110 Å². The molecule has 1 saturated carbocycles. The minimum Gasteiger partial charge on any atom is -0.507 e. The van der Waals surface area contributed by atoms with Gasteiger partial charge in [-0.1, -0.05) is 6.42 Å². The molecular formula is C14H16O5. The number of fused-ring (bicyclic) bond motifs is 1. The zero-order valence-corrected chi connectivity index (χ0v) is 10.5. The predicted molar refractivity (Wildman–Crippen MR) is 66.9 cm³/mol. The lowest BCUT2D eigenvalue weighted by Crippen LogP contribution is -2.42. The van der Waals surface area contributed by atoms with Gasteiger partial charge in [-0.25, -0.2) is 0 Å². The van der Waals surface area contributed by atoms with Crippen LogP contribution in [0, 0.1) is 0 Å². The van der Waals surface area contributed by atoms with Crippen LogP contribution in [0.25, 0.3) is 0 Å². The van der Waals surface area contributed by atoms with Crippen molar-refractivity contribution in [3.63, 3.8) is 0 Å². The van der Waals surface area contributed by atoms with E-state index in [9.17, 15) is 15.0 Å². The topological polar surface area (TPSA) is 76.0 Å². The first kappa shape index (κ1) is 12.1. The van der Waals surface area contributed by atoms with Gasteiger partial charge in [-0.05, 0) is 25.0 Å². The number of ether oxygens (including phenoxy) is 2. The van der Waals surface area contributed by atoms with E-state index in [4.69, 9.17) is 9.47 Å². The summed E-state index contributed by atoms with van der Waals surface area (Å²) in [5.74, 6) is -0.000859. The van der Waals surface area contributed by atoms with Gasteiger partial charge in [0.25, 0.3) is 0 Å². The molecule has 0 unspecified atom stereocenters. The Kier molecular flexibility index (Phi) is 2.77. The maximum Gasteiger partial charge on any atom is 0.314 e. The molecule has 0 aromatic heterocycles. The normalized spacial score (nSPS) is 20.2. The summed E-state index contributed by atoms with van der Waals surface area (Å²) in [7, 11) is 0. The van der Waals surface area contributed by atoms with E-state index in [0.29, 0.717) is 43.1 Å². The van der Waals surface area contributed by atoms with E-state index in [2.05, 4.69) is 0 Å². The van der Waals surface area contributed by atoms with E-state index in [1.165, 1.54) is 6.07 Å².